The van der Waals surface area contributed by atoms with Gasteiger partial charge in [-0.3, -0.25) is 19.3 Å². The topological polar surface area (TPSA) is 79.0 Å². The number of hydrogen-bond donors (Lipinski definition) is 1. The number of methoxy groups -OCH3 is 1. The van der Waals surface area contributed by atoms with Crippen molar-refractivity contribution >= 4 is 23.3 Å². The van der Waals surface area contributed by atoms with Crippen molar-refractivity contribution in [1.82, 2.24) is 9.80 Å². The normalized spacial score (nSPS) is 15.4. The van der Waals surface area contributed by atoms with E-state index >= 15 is 0 Å². The van der Waals surface area contributed by atoms with E-state index in [1.165, 1.54) is 6.92 Å². The van der Waals surface area contributed by atoms with Gasteiger partial charge in [0.15, 0.2) is 5.78 Å². The Morgan fingerprint density at radius 3 is 2.30 bits per heavy atom. The molecule has 0 saturated carbocycles. The summed E-state index contributed by atoms with van der Waals surface area (Å²) >= 11 is 0. The van der Waals surface area contributed by atoms with E-state index in [0.29, 0.717) is 43.7 Å². The van der Waals surface area contributed by atoms with E-state index in [1.807, 2.05) is 36.1 Å². The zero-order chi connectivity index (χ0) is 23.8. The number of rotatable bonds is 8. The van der Waals surface area contributed by atoms with Crippen LogP contribution in [-0.4, -0.2) is 66.7 Å². The van der Waals surface area contributed by atoms with E-state index in [4.69, 9.17) is 4.74 Å². The molecule has 1 aliphatic rings. The fourth-order valence-electron chi connectivity index (χ4n) is 3.98. The number of nitrogens with zero attached hydrogens (tertiary/aromatic N) is 2. The van der Waals surface area contributed by atoms with Crippen molar-refractivity contribution in [3.63, 3.8) is 0 Å². The molecular weight excluding hydrogens is 418 g/mol. The molecule has 1 heterocycles. The van der Waals surface area contributed by atoms with Gasteiger partial charge in [0.2, 0.25) is 11.8 Å². The summed E-state index contributed by atoms with van der Waals surface area (Å²) < 4.78 is 5.18. The molecule has 33 heavy (non-hydrogen) atoms. The molecule has 3 rings (SSSR count). The average Bonchev–Trinajstić information content (AvgIpc) is 3.09. The summed E-state index contributed by atoms with van der Waals surface area (Å²) in [6.45, 7) is 6.15. The van der Waals surface area contributed by atoms with E-state index in [0.717, 1.165) is 24.3 Å². The second-order valence-corrected chi connectivity index (χ2v) is 8.42. The molecule has 0 bridgehead atoms. The molecule has 0 aliphatic carbocycles. The number of Topliss-reactive ketones (excluding diaryl/α,β-unsaturated/α-hetero) is 1. The van der Waals surface area contributed by atoms with Crippen LogP contribution in [0, 0.1) is 0 Å². The maximum Gasteiger partial charge on any atom is 0.241 e. The zero-order valence-electron chi connectivity index (χ0n) is 19.7. The fourth-order valence-corrected chi connectivity index (χ4v) is 3.98. The lowest BCUT2D eigenvalue weighted by Gasteiger charge is -2.27. The van der Waals surface area contributed by atoms with Gasteiger partial charge in [0.05, 0.1) is 13.2 Å². The third-order valence-corrected chi connectivity index (χ3v) is 6.16. The van der Waals surface area contributed by atoms with Crippen LogP contribution in [0.15, 0.2) is 48.5 Å². The molecule has 0 spiro atoms. The first-order chi connectivity index (χ1) is 15.9. The number of hydrogen-bond acceptors (Lipinski definition) is 5. The van der Waals surface area contributed by atoms with Crippen molar-refractivity contribution in [2.45, 2.75) is 39.2 Å². The van der Waals surface area contributed by atoms with Crippen LogP contribution in [0.3, 0.4) is 0 Å². The number of ketones is 1. The van der Waals surface area contributed by atoms with E-state index in [2.05, 4.69) is 10.2 Å². The molecule has 1 fully saturated rings. The summed E-state index contributed by atoms with van der Waals surface area (Å²) in [4.78, 5) is 41.0. The van der Waals surface area contributed by atoms with Crippen molar-refractivity contribution in [3.8, 4) is 5.75 Å². The molecule has 176 valence electrons. The number of nitrogens with one attached hydrogen (secondary N) is 1. The third-order valence-electron chi connectivity index (χ3n) is 6.16. The SMILES string of the molecule is COc1ccc(CCC(=O)N2CCCN(C(C)C(=O)Nc3ccc(C(C)=O)cc3)CC2)cc1. The minimum absolute atomic E-state index is 0.00564. The van der Waals surface area contributed by atoms with Gasteiger partial charge < -0.3 is 15.0 Å². The van der Waals surface area contributed by atoms with Crippen LogP contribution >= 0.6 is 0 Å². The largest absolute Gasteiger partial charge is 0.497 e. The van der Waals surface area contributed by atoms with Crippen molar-refractivity contribution in [1.29, 1.82) is 0 Å². The van der Waals surface area contributed by atoms with Gasteiger partial charge in [-0.1, -0.05) is 12.1 Å². The molecule has 1 N–H and O–H groups in total. The Hall–Kier alpha value is -3.19. The summed E-state index contributed by atoms with van der Waals surface area (Å²) in [5.74, 6) is 0.859. The highest BCUT2D eigenvalue weighted by Gasteiger charge is 2.25. The molecule has 2 aromatic rings. The van der Waals surface area contributed by atoms with E-state index in [-0.39, 0.29) is 23.6 Å². The molecule has 1 saturated heterocycles. The first-order valence-corrected chi connectivity index (χ1v) is 11.4. The van der Waals surface area contributed by atoms with Crippen molar-refractivity contribution < 1.29 is 19.1 Å². The molecule has 7 nitrogen and oxygen atoms in total. The van der Waals surface area contributed by atoms with Crippen LogP contribution in [0.4, 0.5) is 5.69 Å². The Balaban J connectivity index is 1.48. The van der Waals surface area contributed by atoms with Gasteiger partial charge in [0.1, 0.15) is 5.75 Å². The lowest BCUT2D eigenvalue weighted by molar-refractivity contribution is -0.131. The summed E-state index contributed by atoms with van der Waals surface area (Å²) in [5.41, 5.74) is 2.40. The Morgan fingerprint density at radius 1 is 0.970 bits per heavy atom. The van der Waals surface area contributed by atoms with Crippen LogP contribution in [0.5, 0.6) is 5.75 Å². The minimum atomic E-state index is -0.313. The molecule has 0 aromatic heterocycles. The lowest BCUT2D eigenvalue weighted by Crippen LogP contribution is -2.44. The number of amides is 2. The van der Waals surface area contributed by atoms with Crippen molar-refractivity contribution in [3.05, 3.63) is 59.7 Å². The predicted molar refractivity (Wildman–Crippen MR) is 129 cm³/mol. The Morgan fingerprint density at radius 2 is 1.67 bits per heavy atom. The van der Waals surface area contributed by atoms with Gasteiger partial charge in [-0.15, -0.1) is 0 Å². The molecule has 1 unspecified atom stereocenters. The highest BCUT2D eigenvalue weighted by molar-refractivity contribution is 5.97. The molecule has 2 amide bonds. The second-order valence-electron chi connectivity index (χ2n) is 8.42. The van der Waals surface area contributed by atoms with Crippen LogP contribution < -0.4 is 10.1 Å². The van der Waals surface area contributed by atoms with Gasteiger partial charge in [-0.25, -0.2) is 0 Å². The Kier molecular flexibility index (Phi) is 8.60. The lowest BCUT2D eigenvalue weighted by atomic mass is 10.1. The number of anilines is 1. The van der Waals surface area contributed by atoms with Crippen LogP contribution in [0.2, 0.25) is 0 Å². The maximum absolute atomic E-state index is 12.8. The molecule has 1 atom stereocenters. The molecule has 1 aliphatic heterocycles. The van der Waals surface area contributed by atoms with Crippen molar-refractivity contribution in [2.75, 3.05) is 38.6 Å². The standard InChI is InChI=1S/C26H33N3O4/c1-19(26(32)27-23-10-8-22(9-11-23)20(2)30)28-15-4-16-29(18-17-28)25(31)14-7-21-5-12-24(33-3)13-6-21/h5-6,8-13,19H,4,7,14-18H2,1-3H3,(H,27,32). The summed E-state index contributed by atoms with van der Waals surface area (Å²) in [6, 6.07) is 14.4. The monoisotopic (exact) mass is 451 g/mol. The average molecular weight is 452 g/mol. The van der Waals surface area contributed by atoms with Crippen LogP contribution in [0.1, 0.15) is 42.6 Å². The van der Waals surface area contributed by atoms with Gasteiger partial charge in [-0.2, -0.15) is 0 Å². The predicted octanol–water partition coefficient (Wildman–Crippen LogP) is 3.39. The third kappa shape index (κ3) is 6.89. The summed E-state index contributed by atoms with van der Waals surface area (Å²) in [5, 5.41) is 2.92. The molecule has 0 radical (unpaired) electrons. The fraction of sp³-hybridized carbons (Fsp3) is 0.423. The highest BCUT2D eigenvalue weighted by Crippen LogP contribution is 2.15. The highest BCUT2D eigenvalue weighted by atomic mass is 16.5. The number of carbonyl (C=O) groups is 3. The number of aryl methyl sites for hydroxylation is 1. The molecule has 2 aromatic carbocycles. The smallest absolute Gasteiger partial charge is 0.241 e. The molecular formula is C26H33N3O4. The van der Waals surface area contributed by atoms with Gasteiger partial charge in [0, 0.05) is 43.9 Å². The zero-order valence-corrected chi connectivity index (χ0v) is 19.7. The first kappa shape index (κ1) is 24.5. The van der Waals surface area contributed by atoms with E-state index in [1.54, 1.807) is 31.4 Å². The Labute approximate surface area is 195 Å². The van der Waals surface area contributed by atoms with Crippen molar-refractivity contribution in [2.24, 2.45) is 0 Å². The summed E-state index contributed by atoms with van der Waals surface area (Å²) in [6.07, 6.45) is 2.00. The van der Waals surface area contributed by atoms with Crippen LogP contribution in [0.25, 0.3) is 0 Å². The molecule has 7 heteroatoms. The second kappa shape index (κ2) is 11.6. The number of carbonyl (C=O) groups excluding carboxylic acids is 3. The van der Waals surface area contributed by atoms with E-state index in [9.17, 15) is 14.4 Å². The van der Waals surface area contributed by atoms with Gasteiger partial charge >= 0.3 is 0 Å². The van der Waals surface area contributed by atoms with Gasteiger partial charge in [0.25, 0.3) is 0 Å². The van der Waals surface area contributed by atoms with E-state index < -0.39 is 0 Å². The summed E-state index contributed by atoms with van der Waals surface area (Å²) in [7, 11) is 1.64. The maximum atomic E-state index is 12.8. The minimum Gasteiger partial charge on any atom is -0.497 e. The number of benzene rings is 2. The van der Waals surface area contributed by atoms with Crippen LogP contribution in [-0.2, 0) is 16.0 Å². The van der Waals surface area contributed by atoms with Gasteiger partial charge in [-0.05, 0) is 68.7 Å². The quantitative estimate of drug-likeness (QED) is 0.623. The Bertz CT molecular complexity index is 957. The number of ether oxygens (including phenoxy) is 1. The first-order valence-electron chi connectivity index (χ1n) is 11.4.